The first kappa shape index (κ1) is 18.4. The summed E-state index contributed by atoms with van der Waals surface area (Å²) >= 11 is 0. The molecule has 0 aliphatic carbocycles. The molecule has 0 radical (unpaired) electrons. The lowest BCUT2D eigenvalue weighted by atomic mass is 10.3. The van der Waals surface area contributed by atoms with Gasteiger partial charge in [-0.3, -0.25) is 30.3 Å². The Morgan fingerprint density at radius 3 is 1.96 bits per heavy atom. The summed E-state index contributed by atoms with van der Waals surface area (Å²) < 4.78 is 0. The Bertz CT molecular complexity index is 690. The van der Waals surface area contributed by atoms with Gasteiger partial charge in [-0.1, -0.05) is 0 Å². The van der Waals surface area contributed by atoms with Gasteiger partial charge in [0, 0.05) is 18.0 Å². The highest BCUT2D eigenvalue weighted by molar-refractivity contribution is 5.34. The molecule has 1 heterocycles. The van der Waals surface area contributed by atoms with Crippen molar-refractivity contribution in [3.8, 4) is 0 Å². The molecule has 1 aromatic rings. The van der Waals surface area contributed by atoms with Gasteiger partial charge in [0.25, 0.3) is 0 Å². The SMILES string of the molecule is CCN(CC)c1nc(N=[N+]=[N-])nc(C([N+](=O)[O-])([N+](=O)[O-])[N+](=O)[O-])n1. The number of hydrogen-bond acceptors (Lipinski definition) is 11. The third kappa shape index (κ3) is 2.93. The van der Waals surface area contributed by atoms with Crippen molar-refractivity contribution in [1.29, 1.82) is 0 Å². The quantitative estimate of drug-likeness (QED) is 0.160. The zero-order valence-electron chi connectivity index (χ0n) is 12.3. The summed E-state index contributed by atoms with van der Waals surface area (Å²) in [6.45, 7) is 3.86. The van der Waals surface area contributed by atoms with Gasteiger partial charge in [0.2, 0.25) is 11.9 Å². The third-order valence-electron chi connectivity index (χ3n) is 2.86. The summed E-state index contributed by atoms with van der Waals surface area (Å²) in [4.78, 5) is 42.2. The molecule has 0 bridgehead atoms. The highest BCUT2D eigenvalue weighted by Gasteiger charge is 2.76. The molecule has 24 heavy (non-hydrogen) atoms. The minimum atomic E-state index is -4.05. The molecule has 0 saturated heterocycles. The fourth-order valence-electron chi connectivity index (χ4n) is 1.68. The Balaban J connectivity index is 3.83. The molecule has 0 aliphatic rings. The van der Waals surface area contributed by atoms with Crippen molar-refractivity contribution >= 4 is 11.9 Å². The van der Waals surface area contributed by atoms with Crippen molar-refractivity contribution in [3.05, 3.63) is 46.6 Å². The van der Waals surface area contributed by atoms with E-state index in [0.29, 0.717) is 0 Å². The molecule has 0 saturated carbocycles. The number of hydrogen-bond donors (Lipinski definition) is 0. The van der Waals surface area contributed by atoms with E-state index in [-0.39, 0.29) is 19.0 Å². The van der Waals surface area contributed by atoms with Gasteiger partial charge in [-0.05, 0) is 24.5 Å². The first-order chi connectivity index (χ1) is 11.2. The smallest absolute Gasteiger partial charge is 0.341 e. The topological polar surface area (TPSA) is 220 Å². The van der Waals surface area contributed by atoms with Crippen LogP contribution < -0.4 is 4.90 Å². The monoisotopic (exact) mass is 342 g/mol. The van der Waals surface area contributed by atoms with E-state index in [1.807, 2.05) is 0 Å². The van der Waals surface area contributed by atoms with Gasteiger partial charge in [-0.25, -0.2) is 0 Å². The molecule has 0 N–H and O–H groups in total. The second kappa shape index (κ2) is 7.05. The molecule has 16 heteroatoms. The predicted molar refractivity (Wildman–Crippen MR) is 74.9 cm³/mol. The van der Waals surface area contributed by atoms with E-state index < -0.39 is 32.3 Å². The lowest BCUT2D eigenvalue weighted by Crippen LogP contribution is -2.51. The average Bonchev–Trinajstić information content (AvgIpc) is 2.48. The first-order valence-electron chi connectivity index (χ1n) is 6.25. The Morgan fingerprint density at radius 1 is 1.08 bits per heavy atom. The highest BCUT2D eigenvalue weighted by Crippen LogP contribution is 2.26. The minimum Gasteiger partial charge on any atom is -0.341 e. The van der Waals surface area contributed by atoms with Gasteiger partial charge in [-0.15, -0.1) is 0 Å². The van der Waals surface area contributed by atoms with Crippen LogP contribution in [0.15, 0.2) is 5.11 Å². The van der Waals surface area contributed by atoms with Crippen molar-refractivity contribution < 1.29 is 14.8 Å². The number of rotatable bonds is 8. The van der Waals surface area contributed by atoms with Crippen LogP contribution in [-0.2, 0) is 5.79 Å². The van der Waals surface area contributed by atoms with Gasteiger partial charge in [0.15, 0.2) is 14.8 Å². The van der Waals surface area contributed by atoms with Crippen molar-refractivity contribution in [3.63, 3.8) is 0 Å². The fourth-order valence-corrected chi connectivity index (χ4v) is 1.68. The van der Waals surface area contributed by atoms with Crippen molar-refractivity contribution in [2.24, 2.45) is 5.11 Å². The summed E-state index contributed by atoms with van der Waals surface area (Å²) in [5.41, 5.74) is 8.43. The molecule has 0 atom stereocenters. The van der Waals surface area contributed by atoms with Gasteiger partial charge in [0.1, 0.15) is 0 Å². The van der Waals surface area contributed by atoms with E-state index in [4.69, 9.17) is 5.53 Å². The number of nitrogens with zero attached hydrogens (tertiary/aromatic N) is 10. The summed E-state index contributed by atoms with van der Waals surface area (Å²) in [7, 11) is 0. The van der Waals surface area contributed by atoms with Crippen molar-refractivity contribution in [2.45, 2.75) is 19.6 Å². The number of aromatic nitrogens is 3. The van der Waals surface area contributed by atoms with Crippen molar-refractivity contribution in [2.75, 3.05) is 18.0 Å². The number of azide groups is 1. The van der Waals surface area contributed by atoms with Crippen LogP contribution in [0.25, 0.3) is 10.4 Å². The van der Waals surface area contributed by atoms with E-state index in [1.165, 1.54) is 4.90 Å². The lowest BCUT2D eigenvalue weighted by Gasteiger charge is -2.18. The van der Waals surface area contributed by atoms with Gasteiger partial charge < -0.3 is 4.90 Å². The summed E-state index contributed by atoms with van der Waals surface area (Å²) in [5.74, 6) is -6.52. The highest BCUT2D eigenvalue weighted by atomic mass is 16.7. The van der Waals surface area contributed by atoms with E-state index in [1.54, 1.807) is 13.8 Å². The Kier molecular flexibility index (Phi) is 5.40. The van der Waals surface area contributed by atoms with E-state index >= 15 is 0 Å². The molecule has 0 aliphatic heterocycles. The summed E-state index contributed by atoms with van der Waals surface area (Å²) in [6.07, 6.45) is 0. The van der Waals surface area contributed by atoms with Gasteiger partial charge in [-0.2, -0.15) is 15.0 Å². The molecule has 1 aromatic heterocycles. The van der Waals surface area contributed by atoms with E-state index in [9.17, 15) is 30.3 Å². The molecule has 0 aromatic carbocycles. The number of nitro groups is 3. The van der Waals surface area contributed by atoms with Crippen LogP contribution in [0.1, 0.15) is 19.7 Å². The predicted octanol–water partition coefficient (Wildman–Crippen LogP) is 0.600. The van der Waals surface area contributed by atoms with Crippen LogP contribution in [0.3, 0.4) is 0 Å². The maximum atomic E-state index is 11.1. The first-order valence-corrected chi connectivity index (χ1v) is 6.25. The van der Waals surface area contributed by atoms with Crippen LogP contribution >= 0.6 is 0 Å². The maximum absolute atomic E-state index is 11.1. The normalized spacial score (nSPS) is 10.6. The van der Waals surface area contributed by atoms with E-state index in [2.05, 4.69) is 25.0 Å². The summed E-state index contributed by atoms with van der Waals surface area (Å²) in [6, 6.07) is 0. The standard InChI is InChI=1S/C8H10N10O6/c1-3-15(4-2)7-11-5(10-6(12-7)13-14-9)8(16(19)20,17(21)22)18(23)24/h3-4H2,1-2H3. The Hall–Kier alpha value is -3.68. The summed E-state index contributed by atoms with van der Waals surface area (Å²) in [5, 5.41) is 36.3. The van der Waals surface area contributed by atoms with Crippen LogP contribution in [0.2, 0.25) is 0 Å². The number of anilines is 1. The molecule has 0 unspecified atom stereocenters. The zero-order chi connectivity index (χ0) is 18.5. The molecule has 0 spiro atoms. The minimum absolute atomic E-state index is 0.276. The molecular weight excluding hydrogens is 332 g/mol. The average molecular weight is 342 g/mol. The molecule has 0 amide bonds. The molecule has 128 valence electrons. The Labute approximate surface area is 132 Å². The van der Waals surface area contributed by atoms with Crippen molar-refractivity contribution in [1.82, 2.24) is 15.0 Å². The Morgan fingerprint density at radius 2 is 1.58 bits per heavy atom. The van der Waals surface area contributed by atoms with Crippen LogP contribution in [-0.4, -0.2) is 42.8 Å². The molecule has 16 nitrogen and oxygen atoms in total. The molecule has 0 fully saturated rings. The van der Waals surface area contributed by atoms with Gasteiger partial charge >= 0.3 is 11.6 Å². The van der Waals surface area contributed by atoms with Crippen LogP contribution in [0.5, 0.6) is 0 Å². The third-order valence-corrected chi connectivity index (χ3v) is 2.86. The molecule has 1 rings (SSSR count). The lowest BCUT2D eigenvalue weighted by molar-refractivity contribution is -0.987. The van der Waals surface area contributed by atoms with E-state index in [0.717, 1.165) is 0 Å². The van der Waals surface area contributed by atoms with Gasteiger partial charge in [0.05, 0.1) is 0 Å². The second-order valence-corrected chi connectivity index (χ2v) is 4.03. The van der Waals surface area contributed by atoms with Crippen LogP contribution in [0.4, 0.5) is 11.9 Å². The fraction of sp³-hybridized carbons (Fsp3) is 0.625. The maximum Gasteiger partial charge on any atom is 0.763 e. The zero-order valence-corrected chi connectivity index (χ0v) is 12.3. The second-order valence-electron chi connectivity index (χ2n) is 4.03. The largest absolute Gasteiger partial charge is 0.763 e. The van der Waals surface area contributed by atoms with Crippen LogP contribution in [0, 0.1) is 30.3 Å². The molecular formula is C8H10N10O6.